The van der Waals surface area contributed by atoms with Gasteiger partial charge in [0.2, 0.25) is 0 Å². The van der Waals surface area contributed by atoms with E-state index in [9.17, 15) is 4.79 Å². The van der Waals surface area contributed by atoms with Crippen molar-refractivity contribution in [2.24, 2.45) is 0 Å². The summed E-state index contributed by atoms with van der Waals surface area (Å²) in [7, 11) is 0. The number of aryl methyl sites for hydroxylation is 1. The summed E-state index contributed by atoms with van der Waals surface area (Å²) in [5.41, 5.74) is 3.22. The number of aliphatic carboxylic acids is 1. The Balaban J connectivity index is 3.20. The van der Waals surface area contributed by atoms with Crippen LogP contribution < -0.4 is 0 Å². The summed E-state index contributed by atoms with van der Waals surface area (Å²) in [6.07, 6.45) is 0.104. The predicted molar refractivity (Wildman–Crippen MR) is 61.2 cm³/mol. The molecule has 0 amide bonds. The Morgan fingerprint density at radius 1 is 1.33 bits per heavy atom. The zero-order valence-corrected chi connectivity index (χ0v) is 9.79. The number of carbonyl (C=O) groups is 1. The summed E-state index contributed by atoms with van der Waals surface area (Å²) in [4.78, 5) is 10.7. The van der Waals surface area contributed by atoms with Gasteiger partial charge < -0.3 is 5.11 Å². The van der Waals surface area contributed by atoms with Crippen molar-refractivity contribution in [2.75, 3.05) is 0 Å². The molecule has 0 saturated heterocycles. The quantitative estimate of drug-likeness (QED) is 0.807. The van der Waals surface area contributed by atoms with Crippen molar-refractivity contribution in [3.05, 3.63) is 34.9 Å². The molecular weight excluding hydrogens is 188 g/mol. The minimum atomic E-state index is -0.774. The summed E-state index contributed by atoms with van der Waals surface area (Å²) < 4.78 is 0. The van der Waals surface area contributed by atoms with E-state index in [0.29, 0.717) is 0 Å². The van der Waals surface area contributed by atoms with Gasteiger partial charge in [-0.1, -0.05) is 44.5 Å². The molecule has 1 N–H and O–H groups in total. The molecule has 0 aliphatic heterocycles. The van der Waals surface area contributed by atoms with Crippen LogP contribution in [0.15, 0.2) is 18.2 Å². The van der Waals surface area contributed by atoms with Crippen molar-refractivity contribution in [2.45, 2.75) is 39.5 Å². The van der Waals surface area contributed by atoms with Crippen LogP contribution in [-0.2, 0) is 16.6 Å². The number of carboxylic acids is 1. The lowest BCUT2D eigenvalue weighted by Crippen LogP contribution is -2.16. The van der Waals surface area contributed by atoms with Crippen LogP contribution >= 0.6 is 0 Å². The fourth-order valence-electron chi connectivity index (χ4n) is 1.71. The summed E-state index contributed by atoms with van der Waals surface area (Å²) in [5, 5.41) is 8.83. The van der Waals surface area contributed by atoms with Gasteiger partial charge in [0.15, 0.2) is 0 Å². The van der Waals surface area contributed by atoms with Crippen molar-refractivity contribution in [1.29, 1.82) is 0 Å². The average Bonchev–Trinajstić information content (AvgIpc) is 2.05. The maximum Gasteiger partial charge on any atom is 0.307 e. The number of hydrogen-bond acceptors (Lipinski definition) is 1. The van der Waals surface area contributed by atoms with Gasteiger partial charge in [0.25, 0.3) is 0 Å². The van der Waals surface area contributed by atoms with Gasteiger partial charge in [-0.3, -0.25) is 4.79 Å². The van der Waals surface area contributed by atoms with Gasteiger partial charge in [0, 0.05) is 0 Å². The Morgan fingerprint density at radius 3 is 2.40 bits per heavy atom. The second kappa shape index (κ2) is 4.05. The third-order valence-electron chi connectivity index (χ3n) is 2.42. The summed E-state index contributed by atoms with van der Waals surface area (Å²) in [6, 6.07) is 5.97. The molecule has 0 fully saturated rings. The first-order valence-electron chi connectivity index (χ1n) is 5.12. The zero-order chi connectivity index (χ0) is 11.6. The number of rotatable bonds is 2. The number of hydrogen-bond donors (Lipinski definition) is 1. The van der Waals surface area contributed by atoms with E-state index in [0.717, 1.165) is 11.1 Å². The predicted octanol–water partition coefficient (Wildman–Crippen LogP) is 2.92. The van der Waals surface area contributed by atoms with Gasteiger partial charge in [0.1, 0.15) is 0 Å². The molecule has 0 unspecified atom stereocenters. The van der Waals surface area contributed by atoms with E-state index in [-0.39, 0.29) is 11.8 Å². The lowest BCUT2D eigenvalue weighted by atomic mass is 9.82. The molecular formula is C13H18O2. The minimum Gasteiger partial charge on any atom is -0.481 e. The molecule has 0 saturated carbocycles. The molecule has 0 spiro atoms. The molecule has 1 aromatic carbocycles. The molecule has 1 rings (SSSR count). The van der Waals surface area contributed by atoms with Crippen LogP contribution in [0.25, 0.3) is 0 Å². The molecule has 15 heavy (non-hydrogen) atoms. The normalized spacial score (nSPS) is 11.5. The Kier molecular flexibility index (Phi) is 3.18. The van der Waals surface area contributed by atoms with E-state index in [4.69, 9.17) is 5.11 Å². The third kappa shape index (κ3) is 3.08. The lowest BCUT2D eigenvalue weighted by Gasteiger charge is -2.23. The fourth-order valence-corrected chi connectivity index (χ4v) is 1.71. The van der Waals surface area contributed by atoms with Gasteiger partial charge in [0.05, 0.1) is 6.42 Å². The standard InChI is InChI=1S/C13H18O2/c1-9-5-6-10(8-12(14)15)11(7-9)13(2,3)4/h5-7H,8H2,1-4H3,(H,14,15). The molecule has 1 aromatic rings. The van der Waals surface area contributed by atoms with E-state index in [1.54, 1.807) is 0 Å². The minimum absolute atomic E-state index is 0.00317. The van der Waals surface area contributed by atoms with E-state index in [1.807, 2.05) is 19.1 Å². The second-order valence-electron chi connectivity index (χ2n) is 4.98. The zero-order valence-electron chi connectivity index (χ0n) is 9.79. The molecule has 2 nitrogen and oxygen atoms in total. The summed E-state index contributed by atoms with van der Waals surface area (Å²) in [5.74, 6) is -0.774. The van der Waals surface area contributed by atoms with Crippen molar-refractivity contribution in [1.82, 2.24) is 0 Å². The van der Waals surface area contributed by atoms with Crippen molar-refractivity contribution < 1.29 is 9.90 Å². The summed E-state index contributed by atoms with van der Waals surface area (Å²) in [6.45, 7) is 8.34. The third-order valence-corrected chi connectivity index (χ3v) is 2.42. The molecule has 0 aromatic heterocycles. The smallest absolute Gasteiger partial charge is 0.307 e. The Hall–Kier alpha value is -1.31. The Bertz CT molecular complexity index is 373. The summed E-state index contributed by atoms with van der Waals surface area (Å²) >= 11 is 0. The monoisotopic (exact) mass is 206 g/mol. The van der Waals surface area contributed by atoms with E-state index in [2.05, 4.69) is 26.8 Å². The highest BCUT2D eigenvalue weighted by atomic mass is 16.4. The first kappa shape index (κ1) is 11.8. The van der Waals surface area contributed by atoms with Gasteiger partial charge in [-0.15, -0.1) is 0 Å². The van der Waals surface area contributed by atoms with Gasteiger partial charge in [-0.25, -0.2) is 0 Å². The number of carboxylic acid groups (broad SMARTS) is 1. The van der Waals surface area contributed by atoms with Crippen molar-refractivity contribution in [3.8, 4) is 0 Å². The maximum atomic E-state index is 10.7. The van der Waals surface area contributed by atoms with E-state index < -0.39 is 5.97 Å². The van der Waals surface area contributed by atoms with Gasteiger partial charge >= 0.3 is 5.97 Å². The largest absolute Gasteiger partial charge is 0.481 e. The fraction of sp³-hybridized carbons (Fsp3) is 0.462. The number of benzene rings is 1. The Morgan fingerprint density at radius 2 is 1.93 bits per heavy atom. The highest BCUT2D eigenvalue weighted by Gasteiger charge is 2.18. The average molecular weight is 206 g/mol. The molecule has 82 valence electrons. The van der Waals surface area contributed by atoms with Crippen molar-refractivity contribution in [3.63, 3.8) is 0 Å². The van der Waals surface area contributed by atoms with Crippen LogP contribution in [0.3, 0.4) is 0 Å². The lowest BCUT2D eigenvalue weighted by molar-refractivity contribution is -0.136. The Labute approximate surface area is 90.9 Å². The van der Waals surface area contributed by atoms with Crippen LogP contribution in [0, 0.1) is 6.92 Å². The van der Waals surface area contributed by atoms with Crippen LogP contribution in [-0.4, -0.2) is 11.1 Å². The van der Waals surface area contributed by atoms with Crippen LogP contribution in [0.1, 0.15) is 37.5 Å². The van der Waals surface area contributed by atoms with E-state index >= 15 is 0 Å². The molecule has 0 radical (unpaired) electrons. The van der Waals surface area contributed by atoms with Crippen molar-refractivity contribution >= 4 is 5.97 Å². The SMILES string of the molecule is Cc1ccc(CC(=O)O)c(C(C)(C)C)c1. The highest BCUT2D eigenvalue weighted by Crippen LogP contribution is 2.27. The topological polar surface area (TPSA) is 37.3 Å². The van der Waals surface area contributed by atoms with Crippen LogP contribution in [0.4, 0.5) is 0 Å². The maximum absolute atomic E-state index is 10.7. The molecule has 0 aliphatic carbocycles. The van der Waals surface area contributed by atoms with Gasteiger partial charge in [-0.05, 0) is 23.5 Å². The van der Waals surface area contributed by atoms with Gasteiger partial charge in [-0.2, -0.15) is 0 Å². The molecule has 0 aliphatic rings. The van der Waals surface area contributed by atoms with E-state index in [1.165, 1.54) is 5.56 Å². The first-order valence-corrected chi connectivity index (χ1v) is 5.12. The second-order valence-corrected chi connectivity index (χ2v) is 4.98. The molecule has 0 atom stereocenters. The highest BCUT2D eigenvalue weighted by molar-refractivity contribution is 5.71. The molecule has 0 bridgehead atoms. The van der Waals surface area contributed by atoms with Crippen LogP contribution in [0.5, 0.6) is 0 Å². The molecule has 0 heterocycles. The first-order chi connectivity index (χ1) is 6.80. The van der Waals surface area contributed by atoms with Crippen LogP contribution in [0.2, 0.25) is 0 Å². The molecule has 2 heteroatoms.